The number of amides is 1. The zero-order valence-electron chi connectivity index (χ0n) is 14.1. The van der Waals surface area contributed by atoms with Gasteiger partial charge in [0.1, 0.15) is 5.65 Å². The standard InChI is InChI=1S/C21H18N4O/c22-20(26)17-9-8-15(18-13-25-21-16(18)7-4-10-23-21)11-19(17)24-12-14-5-2-1-3-6-14/h1-11,13,24H,12H2,(H2,22,26)(H,23,25). The van der Waals surface area contributed by atoms with E-state index in [1.807, 2.05) is 60.8 Å². The number of aromatic amines is 1. The van der Waals surface area contributed by atoms with E-state index in [0.717, 1.165) is 33.4 Å². The fourth-order valence-electron chi connectivity index (χ4n) is 3.06. The second-order valence-corrected chi connectivity index (χ2v) is 6.07. The molecule has 0 atom stereocenters. The maximum absolute atomic E-state index is 11.8. The molecule has 2 heterocycles. The van der Waals surface area contributed by atoms with Gasteiger partial charge in [-0.15, -0.1) is 0 Å². The van der Waals surface area contributed by atoms with E-state index in [0.29, 0.717) is 12.1 Å². The average molecular weight is 342 g/mol. The number of hydrogen-bond acceptors (Lipinski definition) is 3. The van der Waals surface area contributed by atoms with E-state index in [1.54, 1.807) is 12.3 Å². The Morgan fingerprint density at radius 2 is 1.92 bits per heavy atom. The molecule has 128 valence electrons. The first-order chi connectivity index (χ1) is 12.7. The molecule has 5 nitrogen and oxygen atoms in total. The summed E-state index contributed by atoms with van der Waals surface area (Å²) < 4.78 is 0. The third-order valence-corrected chi connectivity index (χ3v) is 4.37. The molecule has 2 aromatic heterocycles. The van der Waals surface area contributed by atoms with Gasteiger partial charge in [-0.1, -0.05) is 36.4 Å². The monoisotopic (exact) mass is 342 g/mol. The second-order valence-electron chi connectivity index (χ2n) is 6.07. The summed E-state index contributed by atoms with van der Waals surface area (Å²) in [5.41, 5.74) is 10.7. The maximum atomic E-state index is 11.8. The van der Waals surface area contributed by atoms with Crippen LogP contribution in [0.15, 0.2) is 73.1 Å². The number of hydrogen-bond donors (Lipinski definition) is 3. The highest BCUT2D eigenvalue weighted by atomic mass is 16.1. The molecule has 1 amide bonds. The van der Waals surface area contributed by atoms with Crippen LogP contribution in [0.3, 0.4) is 0 Å². The molecule has 5 heteroatoms. The van der Waals surface area contributed by atoms with E-state index in [4.69, 9.17) is 5.73 Å². The number of nitrogens with two attached hydrogens (primary N) is 1. The summed E-state index contributed by atoms with van der Waals surface area (Å²) in [5.74, 6) is -0.451. The van der Waals surface area contributed by atoms with Crippen LogP contribution in [0.25, 0.3) is 22.2 Å². The highest BCUT2D eigenvalue weighted by Gasteiger charge is 2.12. The third-order valence-electron chi connectivity index (χ3n) is 4.37. The number of nitrogens with zero attached hydrogens (tertiary/aromatic N) is 1. The van der Waals surface area contributed by atoms with Gasteiger partial charge in [-0.25, -0.2) is 4.98 Å². The predicted octanol–water partition coefficient (Wildman–Crippen LogP) is 3.94. The molecule has 0 aliphatic rings. The lowest BCUT2D eigenvalue weighted by Crippen LogP contribution is -2.14. The topological polar surface area (TPSA) is 83.8 Å². The molecule has 4 rings (SSSR count). The minimum Gasteiger partial charge on any atom is -0.380 e. The van der Waals surface area contributed by atoms with Gasteiger partial charge in [-0.3, -0.25) is 4.79 Å². The smallest absolute Gasteiger partial charge is 0.250 e. The van der Waals surface area contributed by atoms with Crippen LogP contribution in [0.4, 0.5) is 5.69 Å². The lowest BCUT2D eigenvalue weighted by molar-refractivity contribution is 0.100. The zero-order chi connectivity index (χ0) is 17.9. The first-order valence-corrected chi connectivity index (χ1v) is 8.36. The highest BCUT2D eigenvalue weighted by molar-refractivity contribution is 6.01. The maximum Gasteiger partial charge on any atom is 0.250 e. The molecule has 0 fully saturated rings. The Balaban J connectivity index is 1.72. The van der Waals surface area contributed by atoms with Crippen LogP contribution in [0.5, 0.6) is 0 Å². The summed E-state index contributed by atoms with van der Waals surface area (Å²) in [6, 6.07) is 19.6. The molecule has 0 aliphatic heterocycles. The van der Waals surface area contributed by atoms with Crippen molar-refractivity contribution in [3.05, 3.63) is 84.2 Å². The van der Waals surface area contributed by atoms with Gasteiger partial charge in [0.2, 0.25) is 0 Å². The number of anilines is 1. The van der Waals surface area contributed by atoms with Gasteiger partial charge in [0.05, 0.1) is 5.56 Å². The van der Waals surface area contributed by atoms with E-state index in [-0.39, 0.29) is 0 Å². The van der Waals surface area contributed by atoms with Crippen molar-refractivity contribution >= 4 is 22.6 Å². The van der Waals surface area contributed by atoms with Crippen molar-refractivity contribution in [3.63, 3.8) is 0 Å². The number of fused-ring (bicyclic) bond motifs is 1. The molecule has 4 N–H and O–H groups in total. The van der Waals surface area contributed by atoms with Crippen molar-refractivity contribution in [1.82, 2.24) is 9.97 Å². The Hall–Kier alpha value is -3.60. The molecule has 0 aliphatic carbocycles. The normalized spacial score (nSPS) is 10.8. The van der Waals surface area contributed by atoms with Gasteiger partial charge >= 0.3 is 0 Å². The number of nitrogens with one attached hydrogen (secondary N) is 2. The Morgan fingerprint density at radius 1 is 1.08 bits per heavy atom. The number of pyridine rings is 1. The van der Waals surface area contributed by atoms with E-state index in [1.165, 1.54) is 0 Å². The van der Waals surface area contributed by atoms with Crippen LogP contribution in [0.2, 0.25) is 0 Å². The Morgan fingerprint density at radius 3 is 2.73 bits per heavy atom. The second kappa shape index (κ2) is 6.72. The van der Waals surface area contributed by atoms with Crippen LogP contribution in [0.1, 0.15) is 15.9 Å². The predicted molar refractivity (Wildman–Crippen MR) is 104 cm³/mol. The Bertz CT molecular complexity index is 1070. The zero-order valence-corrected chi connectivity index (χ0v) is 14.1. The SMILES string of the molecule is NC(=O)c1ccc(-c2c[nH]c3ncccc23)cc1NCc1ccccc1. The van der Waals surface area contributed by atoms with E-state index in [2.05, 4.69) is 15.3 Å². The molecule has 0 saturated heterocycles. The van der Waals surface area contributed by atoms with E-state index < -0.39 is 5.91 Å². The van der Waals surface area contributed by atoms with Crippen molar-refractivity contribution in [3.8, 4) is 11.1 Å². The quantitative estimate of drug-likeness (QED) is 0.513. The van der Waals surface area contributed by atoms with Gasteiger partial charge in [0.25, 0.3) is 5.91 Å². The average Bonchev–Trinajstić information content (AvgIpc) is 3.11. The fraction of sp³-hybridized carbons (Fsp3) is 0.0476. The molecule has 2 aromatic carbocycles. The summed E-state index contributed by atoms with van der Waals surface area (Å²) in [6.07, 6.45) is 3.68. The number of carbonyl (C=O) groups is 1. The van der Waals surface area contributed by atoms with Crippen molar-refractivity contribution in [1.29, 1.82) is 0 Å². The van der Waals surface area contributed by atoms with E-state index >= 15 is 0 Å². The van der Waals surface area contributed by atoms with Crippen LogP contribution in [-0.4, -0.2) is 15.9 Å². The van der Waals surface area contributed by atoms with Crippen molar-refractivity contribution in [2.45, 2.75) is 6.54 Å². The molecule has 4 aromatic rings. The minimum atomic E-state index is -0.451. The first kappa shape index (κ1) is 15.9. The van der Waals surface area contributed by atoms with Gasteiger partial charge in [-0.05, 0) is 35.4 Å². The van der Waals surface area contributed by atoms with Gasteiger partial charge in [0.15, 0.2) is 0 Å². The first-order valence-electron chi connectivity index (χ1n) is 8.36. The summed E-state index contributed by atoms with van der Waals surface area (Å²) in [5, 5.41) is 4.37. The van der Waals surface area contributed by atoms with Crippen LogP contribution in [-0.2, 0) is 6.54 Å². The number of rotatable bonds is 5. The van der Waals surface area contributed by atoms with Gasteiger partial charge in [0, 0.05) is 35.6 Å². The Kier molecular flexibility index (Phi) is 4.11. The molecule has 0 radical (unpaired) electrons. The molecule has 0 bridgehead atoms. The summed E-state index contributed by atoms with van der Waals surface area (Å²) in [6.45, 7) is 0.611. The van der Waals surface area contributed by atoms with Crippen LogP contribution in [0, 0.1) is 0 Å². The molecule has 0 unspecified atom stereocenters. The van der Waals surface area contributed by atoms with E-state index in [9.17, 15) is 4.79 Å². The molecular formula is C21H18N4O. The van der Waals surface area contributed by atoms with Crippen LogP contribution < -0.4 is 11.1 Å². The van der Waals surface area contributed by atoms with Crippen molar-refractivity contribution < 1.29 is 4.79 Å². The minimum absolute atomic E-state index is 0.451. The third kappa shape index (κ3) is 3.02. The largest absolute Gasteiger partial charge is 0.380 e. The number of benzene rings is 2. The summed E-state index contributed by atoms with van der Waals surface area (Å²) in [7, 11) is 0. The number of H-pyrrole nitrogens is 1. The van der Waals surface area contributed by atoms with Gasteiger partial charge in [-0.2, -0.15) is 0 Å². The number of carbonyl (C=O) groups excluding carboxylic acids is 1. The lowest BCUT2D eigenvalue weighted by atomic mass is 10.0. The van der Waals surface area contributed by atoms with Crippen molar-refractivity contribution in [2.75, 3.05) is 5.32 Å². The number of primary amides is 1. The lowest BCUT2D eigenvalue weighted by Gasteiger charge is -2.12. The number of aromatic nitrogens is 2. The molecule has 0 spiro atoms. The summed E-state index contributed by atoms with van der Waals surface area (Å²) in [4.78, 5) is 19.3. The molecule has 26 heavy (non-hydrogen) atoms. The molecular weight excluding hydrogens is 324 g/mol. The van der Waals surface area contributed by atoms with Crippen LogP contribution >= 0.6 is 0 Å². The van der Waals surface area contributed by atoms with Crippen molar-refractivity contribution in [2.24, 2.45) is 5.73 Å². The Labute approximate surface area is 150 Å². The summed E-state index contributed by atoms with van der Waals surface area (Å²) >= 11 is 0. The van der Waals surface area contributed by atoms with Gasteiger partial charge < -0.3 is 16.0 Å². The highest BCUT2D eigenvalue weighted by Crippen LogP contribution is 2.31. The fourth-order valence-corrected chi connectivity index (χ4v) is 3.06. The molecule has 0 saturated carbocycles.